The fourth-order valence-electron chi connectivity index (χ4n) is 4.96. The van der Waals surface area contributed by atoms with Crippen LogP contribution in [0.25, 0.3) is 0 Å². The van der Waals surface area contributed by atoms with E-state index in [2.05, 4.69) is 15.3 Å². The minimum absolute atomic E-state index is 0.747. The fraction of sp³-hybridized carbons (Fsp3) is 0.733. The Kier molecular flexibility index (Phi) is 2.61. The first-order valence-electron chi connectivity index (χ1n) is 7.40. The Balaban J connectivity index is 1.40. The first kappa shape index (κ1) is 10.9. The summed E-state index contributed by atoms with van der Waals surface area (Å²) in [4.78, 5) is 8.47. The van der Waals surface area contributed by atoms with E-state index in [1.807, 2.05) is 6.20 Å². The average Bonchev–Trinajstić information content (AvgIpc) is 3.09. The van der Waals surface area contributed by atoms with Crippen LogP contribution in [-0.2, 0) is 6.54 Å². The van der Waals surface area contributed by atoms with Gasteiger partial charge in [-0.2, -0.15) is 0 Å². The van der Waals surface area contributed by atoms with Crippen LogP contribution in [-0.4, -0.2) is 16.0 Å². The van der Waals surface area contributed by atoms with E-state index < -0.39 is 0 Å². The largest absolute Gasteiger partial charge is 0.308 e. The first-order valence-corrected chi connectivity index (χ1v) is 7.40. The summed E-state index contributed by atoms with van der Waals surface area (Å²) in [7, 11) is 0. The Morgan fingerprint density at radius 1 is 1.11 bits per heavy atom. The Hall–Kier alpha value is -0.960. The maximum absolute atomic E-state index is 4.34. The highest BCUT2D eigenvalue weighted by Crippen LogP contribution is 2.58. The maximum Gasteiger partial charge on any atom is 0.0724 e. The SMILES string of the molecule is c1cnc(CN[C@@H]2C[C@H]3C[C@@H]2[C@@H]2CCC[C@H]32)cn1. The van der Waals surface area contributed by atoms with Crippen LogP contribution in [0.1, 0.15) is 37.8 Å². The monoisotopic (exact) mass is 243 g/mol. The van der Waals surface area contributed by atoms with Gasteiger partial charge in [-0.3, -0.25) is 9.97 Å². The highest BCUT2D eigenvalue weighted by Gasteiger charge is 2.53. The Bertz CT molecular complexity index is 419. The molecule has 18 heavy (non-hydrogen) atoms. The molecule has 1 aromatic rings. The summed E-state index contributed by atoms with van der Waals surface area (Å²) in [6, 6.07) is 0.747. The minimum Gasteiger partial charge on any atom is -0.308 e. The molecule has 0 amide bonds. The summed E-state index contributed by atoms with van der Waals surface area (Å²) in [6.45, 7) is 0.888. The van der Waals surface area contributed by atoms with Gasteiger partial charge >= 0.3 is 0 Å². The molecular formula is C15H21N3. The smallest absolute Gasteiger partial charge is 0.0724 e. The predicted molar refractivity (Wildman–Crippen MR) is 69.7 cm³/mol. The molecule has 3 saturated carbocycles. The molecule has 0 aliphatic heterocycles. The van der Waals surface area contributed by atoms with Crippen molar-refractivity contribution in [2.45, 2.75) is 44.7 Å². The summed E-state index contributed by atoms with van der Waals surface area (Å²) < 4.78 is 0. The Morgan fingerprint density at radius 3 is 2.94 bits per heavy atom. The molecule has 4 rings (SSSR count). The van der Waals surface area contributed by atoms with Gasteiger partial charge in [-0.15, -0.1) is 0 Å². The standard InChI is InChI=1S/C15H21N3/c1-2-12-10-6-14(13(12)3-1)15(7-10)18-9-11-8-16-4-5-17-11/h4-5,8,10,12-15,18H,1-3,6-7,9H2/t10-,12-,13-,14-,15-/m1/s1. The number of hydrogen-bond acceptors (Lipinski definition) is 3. The van der Waals surface area contributed by atoms with Crippen LogP contribution >= 0.6 is 0 Å². The van der Waals surface area contributed by atoms with E-state index in [0.717, 1.165) is 42.0 Å². The third kappa shape index (κ3) is 1.68. The highest BCUT2D eigenvalue weighted by molar-refractivity contribution is 5.06. The lowest BCUT2D eigenvalue weighted by atomic mass is 9.79. The summed E-state index contributed by atoms with van der Waals surface area (Å²) in [5, 5.41) is 3.74. The van der Waals surface area contributed by atoms with E-state index in [9.17, 15) is 0 Å². The summed E-state index contributed by atoms with van der Waals surface area (Å²) >= 11 is 0. The fourth-order valence-corrected chi connectivity index (χ4v) is 4.96. The van der Waals surface area contributed by atoms with Crippen molar-refractivity contribution in [3.05, 3.63) is 24.3 Å². The second-order valence-corrected chi connectivity index (χ2v) is 6.34. The molecule has 5 atom stereocenters. The van der Waals surface area contributed by atoms with Crippen LogP contribution in [0.15, 0.2) is 18.6 Å². The molecule has 3 aliphatic rings. The second kappa shape index (κ2) is 4.30. The molecule has 0 saturated heterocycles. The zero-order chi connectivity index (χ0) is 11.9. The van der Waals surface area contributed by atoms with Crippen LogP contribution in [0.4, 0.5) is 0 Å². The van der Waals surface area contributed by atoms with Gasteiger partial charge in [0.2, 0.25) is 0 Å². The quantitative estimate of drug-likeness (QED) is 0.885. The van der Waals surface area contributed by atoms with Crippen LogP contribution < -0.4 is 5.32 Å². The van der Waals surface area contributed by atoms with Gasteiger partial charge in [0.25, 0.3) is 0 Å². The molecule has 3 aliphatic carbocycles. The lowest BCUT2D eigenvalue weighted by molar-refractivity contribution is 0.207. The molecule has 0 spiro atoms. The van der Waals surface area contributed by atoms with Gasteiger partial charge in [0.15, 0.2) is 0 Å². The summed E-state index contributed by atoms with van der Waals surface area (Å²) in [5.41, 5.74) is 1.07. The Labute approximate surface area is 108 Å². The van der Waals surface area contributed by atoms with Gasteiger partial charge in [-0.1, -0.05) is 6.42 Å². The molecular weight excluding hydrogens is 222 g/mol. The van der Waals surface area contributed by atoms with Crippen molar-refractivity contribution in [2.75, 3.05) is 0 Å². The van der Waals surface area contributed by atoms with Gasteiger partial charge < -0.3 is 5.32 Å². The van der Waals surface area contributed by atoms with Gasteiger partial charge in [0.05, 0.1) is 5.69 Å². The van der Waals surface area contributed by atoms with Crippen LogP contribution in [0.2, 0.25) is 0 Å². The molecule has 1 N–H and O–H groups in total. The van der Waals surface area contributed by atoms with Crippen molar-refractivity contribution in [3.8, 4) is 0 Å². The van der Waals surface area contributed by atoms with Gasteiger partial charge in [-0.05, 0) is 49.4 Å². The number of nitrogens with zero attached hydrogens (tertiary/aromatic N) is 2. The Morgan fingerprint density at radius 2 is 2.06 bits per heavy atom. The lowest BCUT2D eigenvalue weighted by Gasteiger charge is -2.32. The van der Waals surface area contributed by atoms with E-state index in [1.54, 1.807) is 12.4 Å². The second-order valence-electron chi connectivity index (χ2n) is 6.34. The molecule has 1 aromatic heterocycles. The molecule has 96 valence electrons. The molecule has 3 heteroatoms. The van der Waals surface area contributed by atoms with Crippen molar-refractivity contribution < 1.29 is 0 Å². The lowest BCUT2D eigenvalue weighted by Crippen LogP contribution is -2.39. The first-order chi connectivity index (χ1) is 8.92. The normalized spacial score (nSPS) is 41.2. The molecule has 1 heterocycles. The summed E-state index contributed by atoms with van der Waals surface area (Å²) in [6.07, 6.45) is 12.8. The molecule has 2 bridgehead atoms. The van der Waals surface area contributed by atoms with Crippen molar-refractivity contribution >= 4 is 0 Å². The van der Waals surface area contributed by atoms with Gasteiger partial charge in [-0.25, -0.2) is 0 Å². The zero-order valence-electron chi connectivity index (χ0n) is 10.8. The number of rotatable bonds is 3. The van der Waals surface area contributed by atoms with Gasteiger partial charge in [0.1, 0.15) is 0 Å². The van der Waals surface area contributed by atoms with Crippen LogP contribution in [0, 0.1) is 23.7 Å². The number of aromatic nitrogens is 2. The van der Waals surface area contributed by atoms with Crippen LogP contribution in [0.5, 0.6) is 0 Å². The molecule has 0 radical (unpaired) electrons. The van der Waals surface area contributed by atoms with Crippen molar-refractivity contribution in [1.29, 1.82) is 0 Å². The highest BCUT2D eigenvalue weighted by atomic mass is 15.0. The summed E-state index contributed by atoms with van der Waals surface area (Å²) in [5.74, 6) is 4.12. The number of hydrogen-bond donors (Lipinski definition) is 1. The number of nitrogens with one attached hydrogen (secondary N) is 1. The maximum atomic E-state index is 4.34. The van der Waals surface area contributed by atoms with E-state index in [4.69, 9.17) is 0 Å². The van der Waals surface area contributed by atoms with Crippen molar-refractivity contribution in [1.82, 2.24) is 15.3 Å². The zero-order valence-corrected chi connectivity index (χ0v) is 10.8. The van der Waals surface area contributed by atoms with Crippen molar-refractivity contribution in [2.24, 2.45) is 23.7 Å². The van der Waals surface area contributed by atoms with E-state index in [1.165, 1.54) is 32.1 Å². The minimum atomic E-state index is 0.747. The van der Waals surface area contributed by atoms with Crippen molar-refractivity contribution in [3.63, 3.8) is 0 Å². The topological polar surface area (TPSA) is 37.8 Å². The van der Waals surface area contributed by atoms with E-state index in [-0.39, 0.29) is 0 Å². The average molecular weight is 243 g/mol. The molecule has 3 fully saturated rings. The third-order valence-corrected chi connectivity index (χ3v) is 5.59. The predicted octanol–water partition coefficient (Wildman–Crippen LogP) is 2.39. The van der Waals surface area contributed by atoms with E-state index >= 15 is 0 Å². The van der Waals surface area contributed by atoms with Gasteiger partial charge in [0, 0.05) is 31.2 Å². The molecule has 3 nitrogen and oxygen atoms in total. The molecule has 0 unspecified atom stereocenters. The van der Waals surface area contributed by atoms with Crippen LogP contribution in [0.3, 0.4) is 0 Å². The third-order valence-electron chi connectivity index (χ3n) is 5.59. The van der Waals surface area contributed by atoms with E-state index in [0.29, 0.717) is 0 Å². The number of fused-ring (bicyclic) bond motifs is 5. The molecule has 0 aromatic carbocycles.